The summed E-state index contributed by atoms with van der Waals surface area (Å²) in [6.45, 7) is 2.32. The molecule has 11 heteroatoms. The molecule has 6 rings (SSSR count). The third kappa shape index (κ3) is 4.37. The summed E-state index contributed by atoms with van der Waals surface area (Å²) in [4.78, 5) is 26.5. The van der Waals surface area contributed by atoms with Crippen molar-refractivity contribution in [2.75, 3.05) is 31.7 Å². The molecule has 36 heavy (non-hydrogen) atoms. The average molecular weight is 532 g/mol. The lowest BCUT2D eigenvalue weighted by atomic mass is 10.0. The van der Waals surface area contributed by atoms with Gasteiger partial charge in [0.05, 0.1) is 10.6 Å². The van der Waals surface area contributed by atoms with Gasteiger partial charge < -0.3 is 10.2 Å². The number of nitrogens with one attached hydrogen (secondary N) is 1. The number of aromatic nitrogens is 2. The number of halogens is 3. The third-order valence-corrected chi connectivity index (χ3v) is 9.05. The number of rotatable bonds is 4. The van der Waals surface area contributed by atoms with Gasteiger partial charge in [0.2, 0.25) is 5.95 Å². The first kappa shape index (κ1) is 23.7. The van der Waals surface area contributed by atoms with Crippen LogP contribution in [0.3, 0.4) is 0 Å². The third-order valence-electron chi connectivity index (χ3n) is 6.77. The number of thioether (sulfide) groups is 1. The number of carbonyl (C=O) groups excluding carboxylic acids is 1. The van der Waals surface area contributed by atoms with Crippen molar-refractivity contribution in [1.29, 1.82) is 0 Å². The maximum Gasteiger partial charge on any atom is 0.420 e. The van der Waals surface area contributed by atoms with E-state index in [4.69, 9.17) is 0 Å². The van der Waals surface area contributed by atoms with Crippen LogP contribution in [0.2, 0.25) is 0 Å². The van der Waals surface area contributed by atoms with Gasteiger partial charge in [-0.25, -0.2) is 9.97 Å². The zero-order valence-corrected chi connectivity index (χ0v) is 21.4. The number of carbonyl (C=O) groups is 1. The van der Waals surface area contributed by atoms with Gasteiger partial charge in [0.25, 0.3) is 5.91 Å². The van der Waals surface area contributed by atoms with Gasteiger partial charge in [0.15, 0.2) is 0 Å². The van der Waals surface area contributed by atoms with Crippen LogP contribution in [0.5, 0.6) is 0 Å². The molecule has 4 heterocycles. The molecule has 1 aliphatic carbocycles. The highest BCUT2D eigenvalue weighted by Crippen LogP contribution is 2.46. The molecule has 0 spiro atoms. The Kier molecular flexibility index (Phi) is 5.77. The Morgan fingerprint density at radius 2 is 1.86 bits per heavy atom. The molecule has 3 aromatic rings. The molecule has 0 saturated heterocycles. The molecule has 6 nitrogen and oxygen atoms in total. The molecule has 1 amide bonds. The van der Waals surface area contributed by atoms with Gasteiger partial charge in [-0.2, -0.15) is 13.2 Å². The predicted molar refractivity (Wildman–Crippen MR) is 135 cm³/mol. The van der Waals surface area contributed by atoms with Crippen LogP contribution in [0.15, 0.2) is 29.3 Å². The number of alkyl halides is 3. The van der Waals surface area contributed by atoms with E-state index in [9.17, 15) is 18.0 Å². The minimum atomic E-state index is -4.62. The summed E-state index contributed by atoms with van der Waals surface area (Å²) >= 11 is 2.54. The van der Waals surface area contributed by atoms with Gasteiger partial charge in [0, 0.05) is 49.2 Å². The van der Waals surface area contributed by atoms with Gasteiger partial charge in [-0.05, 0) is 54.6 Å². The van der Waals surface area contributed by atoms with Crippen molar-refractivity contribution in [3.63, 3.8) is 0 Å². The number of thiophene rings is 1. The summed E-state index contributed by atoms with van der Waals surface area (Å²) in [6.07, 6.45) is -1.58. The minimum Gasteiger partial charge on any atom is -0.340 e. The summed E-state index contributed by atoms with van der Waals surface area (Å²) in [5, 5.41) is 3.23. The summed E-state index contributed by atoms with van der Waals surface area (Å²) in [5.74, 6) is 1.08. The van der Waals surface area contributed by atoms with E-state index in [-0.39, 0.29) is 17.5 Å². The molecule has 2 aliphatic heterocycles. The smallest absolute Gasteiger partial charge is 0.340 e. The molecule has 0 radical (unpaired) electrons. The quantitative estimate of drug-likeness (QED) is 0.448. The second-order valence-corrected chi connectivity index (χ2v) is 11.8. The van der Waals surface area contributed by atoms with Gasteiger partial charge in [-0.15, -0.1) is 23.1 Å². The van der Waals surface area contributed by atoms with Crippen molar-refractivity contribution in [2.24, 2.45) is 0 Å². The van der Waals surface area contributed by atoms with E-state index in [0.29, 0.717) is 32.9 Å². The number of fused-ring (bicyclic) bond motifs is 2. The largest absolute Gasteiger partial charge is 0.420 e. The van der Waals surface area contributed by atoms with Crippen molar-refractivity contribution in [3.05, 3.63) is 51.5 Å². The molecule has 188 valence electrons. The van der Waals surface area contributed by atoms with Gasteiger partial charge >= 0.3 is 6.18 Å². The number of benzene rings is 1. The Hall–Kier alpha value is -2.63. The normalized spacial score (nSPS) is 18.2. The Morgan fingerprint density at radius 1 is 1.11 bits per heavy atom. The molecule has 0 bridgehead atoms. The summed E-state index contributed by atoms with van der Waals surface area (Å²) in [5.41, 5.74) is 3.41. The number of hydrogen-bond donors (Lipinski definition) is 1. The van der Waals surface area contributed by atoms with Crippen LogP contribution in [-0.4, -0.2) is 52.1 Å². The average Bonchev–Trinajstić information content (AvgIpc) is 3.50. The molecular weight excluding hydrogens is 507 g/mol. The second-order valence-electron chi connectivity index (χ2n) is 9.61. The Morgan fingerprint density at radius 3 is 2.58 bits per heavy atom. The minimum absolute atomic E-state index is 0.117. The fourth-order valence-electron chi connectivity index (χ4n) is 4.75. The fourth-order valence-corrected chi connectivity index (χ4v) is 7.19. The maximum absolute atomic E-state index is 14.0. The van der Waals surface area contributed by atoms with Crippen LogP contribution in [-0.2, 0) is 19.3 Å². The zero-order chi connectivity index (χ0) is 25.2. The van der Waals surface area contributed by atoms with E-state index in [0.717, 1.165) is 49.2 Å². The molecule has 1 N–H and O–H groups in total. The number of hydrogen-bond acceptors (Lipinski definition) is 7. The lowest BCUT2D eigenvalue weighted by molar-refractivity contribution is -0.137. The van der Waals surface area contributed by atoms with Gasteiger partial charge in [-0.3, -0.25) is 9.69 Å². The molecule has 1 saturated carbocycles. The van der Waals surface area contributed by atoms with E-state index in [1.807, 2.05) is 0 Å². The van der Waals surface area contributed by atoms with Gasteiger partial charge in [0.1, 0.15) is 10.4 Å². The Bertz CT molecular complexity index is 1370. The molecule has 1 aromatic carbocycles. The number of anilines is 2. The van der Waals surface area contributed by atoms with E-state index >= 15 is 0 Å². The van der Waals surface area contributed by atoms with Crippen molar-refractivity contribution in [2.45, 2.75) is 42.9 Å². The Balaban J connectivity index is 1.41. The monoisotopic (exact) mass is 531 g/mol. The van der Waals surface area contributed by atoms with E-state index in [1.54, 1.807) is 18.0 Å². The van der Waals surface area contributed by atoms with E-state index in [1.165, 1.54) is 28.5 Å². The SMILES string of the molecule is CN1Cc2cc(Nc3ncc(C(F)(F)F)c(-c4cc5c(s4)C(=O)N(C)CCS5)n3)c(C3CC3)cc2C1. The topological polar surface area (TPSA) is 61.4 Å². The first-order valence-corrected chi connectivity index (χ1v) is 13.6. The summed E-state index contributed by atoms with van der Waals surface area (Å²) in [7, 11) is 3.77. The molecule has 0 unspecified atom stereocenters. The maximum atomic E-state index is 14.0. The number of nitrogens with zero attached hydrogens (tertiary/aromatic N) is 4. The van der Waals surface area contributed by atoms with E-state index < -0.39 is 11.7 Å². The van der Waals surface area contributed by atoms with Crippen molar-refractivity contribution in [3.8, 4) is 10.6 Å². The number of amides is 1. The van der Waals surface area contributed by atoms with E-state index in [2.05, 4.69) is 39.4 Å². The first-order valence-electron chi connectivity index (χ1n) is 11.8. The lowest BCUT2D eigenvalue weighted by Crippen LogP contribution is -2.26. The standard InChI is InChI=1S/C25H24F3N5OS2/c1-32-11-14-7-16(13-3-4-13)18(8-15(14)12-32)30-24-29-10-17(25(26,27)28)21(31-24)19-9-20-22(36-19)23(34)33(2)5-6-35-20/h7-10,13H,3-6,11-12H2,1-2H3,(H,29,30,31). The van der Waals surface area contributed by atoms with Crippen LogP contribution in [0.25, 0.3) is 10.6 Å². The van der Waals surface area contributed by atoms with Gasteiger partial charge in [-0.1, -0.05) is 6.07 Å². The highest BCUT2D eigenvalue weighted by Gasteiger charge is 2.37. The van der Waals surface area contributed by atoms with Crippen LogP contribution < -0.4 is 5.32 Å². The zero-order valence-electron chi connectivity index (χ0n) is 19.8. The molecule has 3 aliphatic rings. The second kappa shape index (κ2) is 8.74. The molecule has 1 fully saturated rings. The van der Waals surface area contributed by atoms with Crippen molar-refractivity contribution < 1.29 is 18.0 Å². The van der Waals surface area contributed by atoms with Crippen LogP contribution >= 0.6 is 23.1 Å². The lowest BCUT2D eigenvalue weighted by Gasteiger charge is -2.16. The molecular formula is C25H24F3N5OS2. The van der Waals surface area contributed by atoms with Crippen molar-refractivity contribution >= 4 is 40.6 Å². The predicted octanol–water partition coefficient (Wildman–Crippen LogP) is 5.97. The highest BCUT2D eigenvalue weighted by molar-refractivity contribution is 7.99. The molecule has 0 atom stereocenters. The highest BCUT2D eigenvalue weighted by atomic mass is 32.2. The Labute approximate surface area is 214 Å². The summed E-state index contributed by atoms with van der Waals surface area (Å²) in [6, 6.07) is 5.97. The summed E-state index contributed by atoms with van der Waals surface area (Å²) < 4.78 is 41.9. The molecule has 2 aromatic heterocycles. The van der Waals surface area contributed by atoms with Crippen LogP contribution in [0, 0.1) is 0 Å². The first-order chi connectivity index (χ1) is 17.2. The van der Waals surface area contributed by atoms with Crippen LogP contribution in [0.1, 0.15) is 50.7 Å². The fraction of sp³-hybridized carbons (Fsp3) is 0.400. The van der Waals surface area contributed by atoms with Crippen LogP contribution in [0.4, 0.5) is 24.8 Å². The van der Waals surface area contributed by atoms with Crippen molar-refractivity contribution in [1.82, 2.24) is 19.8 Å².